The maximum absolute atomic E-state index is 12.0. The van der Waals surface area contributed by atoms with Gasteiger partial charge < -0.3 is 15.3 Å². The lowest BCUT2D eigenvalue weighted by Crippen LogP contribution is -2.44. The Morgan fingerprint density at radius 3 is 2.55 bits per heavy atom. The van der Waals surface area contributed by atoms with Crippen molar-refractivity contribution in [2.75, 3.05) is 31.6 Å². The molecule has 1 rings (SSSR count). The van der Waals surface area contributed by atoms with E-state index in [2.05, 4.69) is 5.32 Å². The van der Waals surface area contributed by atoms with Crippen LogP contribution in [0.3, 0.4) is 0 Å². The number of carbonyl (C=O) groups excluding carboxylic acids is 1. The molecule has 0 aromatic heterocycles. The Hall–Kier alpha value is -1.11. The number of urea groups is 1. The van der Waals surface area contributed by atoms with Crippen molar-refractivity contribution in [1.29, 1.82) is 0 Å². The summed E-state index contributed by atoms with van der Waals surface area (Å²) in [4.78, 5) is 25.0. The molecule has 7 heteroatoms. The van der Waals surface area contributed by atoms with Gasteiger partial charge in [-0.05, 0) is 18.8 Å². The Morgan fingerprint density at radius 2 is 2.10 bits per heavy atom. The SMILES string of the molecule is CC(C)C1(C(=O)O)CCN(C(=O)NCCCS(C)=O)C1. The lowest BCUT2D eigenvalue weighted by molar-refractivity contribution is -0.150. The number of amides is 2. The lowest BCUT2D eigenvalue weighted by atomic mass is 9.76. The largest absolute Gasteiger partial charge is 0.481 e. The zero-order valence-corrected chi connectivity index (χ0v) is 13.2. The molecule has 116 valence electrons. The molecule has 6 nitrogen and oxygen atoms in total. The fourth-order valence-corrected chi connectivity index (χ4v) is 3.03. The van der Waals surface area contributed by atoms with Crippen molar-refractivity contribution in [3.05, 3.63) is 0 Å². The molecular formula is C13H24N2O4S. The van der Waals surface area contributed by atoms with Crippen LogP contribution in [0.15, 0.2) is 0 Å². The summed E-state index contributed by atoms with van der Waals surface area (Å²) >= 11 is 0. The maximum Gasteiger partial charge on any atom is 0.317 e. The zero-order valence-electron chi connectivity index (χ0n) is 12.3. The summed E-state index contributed by atoms with van der Waals surface area (Å²) < 4.78 is 10.9. The number of nitrogens with zero attached hydrogens (tertiary/aromatic N) is 1. The van der Waals surface area contributed by atoms with Gasteiger partial charge in [0.2, 0.25) is 0 Å². The number of aliphatic carboxylic acids is 1. The van der Waals surface area contributed by atoms with E-state index in [1.54, 1.807) is 11.2 Å². The van der Waals surface area contributed by atoms with Gasteiger partial charge in [-0.2, -0.15) is 0 Å². The molecule has 1 fully saturated rings. The van der Waals surface area contributed by atoms with Gasteiger partial charge in [0.15, 0.2) is 0 Å². The predicted octanol–water partition coefficient (Wildman–Crippen LogP) is 0.897. The molecule has 2 atom stereocenters. The quantitative estimate of drug-likeness (QED) is 0.714. The second-order valence-electron chi connectivity index (χ2n) is 5.65. The van der Waals surface area contributed by atoms with Gasteiger partial charge in [-0.25, -0.2) is 4.79 Å². The highest BCUT2D eigenvalue weighted by Crippen LogP contribution is 2.38. The molecule has 0 saturated carbocycles. The molecule has 0 spiro atoms. The number of rotatable bonds is 6. The highest BCUT2D eigenvalue weighted by Gasteiger charge is 2.48. The van der Waals surface area contributed by atoms with Gasteiger partial charge >= 0.3 is 12.0 Å². The molecule has 0 bridgehead atoms. The van der Waals surface area contributed by atoms with Crippen LogP contribution in [-0.4, -0.2) is 57.9 Å². The number of carbonyl (C=O) groups is 2. The summed E-state index contributed by atoms with van der Waals surface area (Å²) in [6, 6.07) is -0.226. The van der Waals surface area contributed by atoms with Crippen molar-refractivity contribution in [2.45, 2.75) is 26.7 Å². The van der Waals surface area contributed by atoms with Gasteiger partial charge in [-0.1, -0.05) is 13.8 Å². The van der Waals surface area contributed by atoms with Gasteiger partial charge in [0.25, 0.3) is 0 Å². The van der Waals surface area contributed by atoms with Crippen LogP contribution in [0.4, 0.5) is 4.79 Å². The zero-order chi connectivity index (χ0) is 15.3. The average molecular weight is 304 g/mol. The summed E-state index contributed by atoms with van der Waals surface area (Å²) in [5, 5.41) is 12.2. The Morgan fingerprint density at radius 1 is 1.45 bits per heavy atom. The Balaban J connectivity index is 2.48. The molecule has 0 aromatic carbocycles. The van der Waals surface area contributed by atoms with Crippen LogP contribution in [0.2, 0.25) is 0 Å². The summed E-state index contributed by atoms with van der Waals surface area (Å²) in [7, 11) is -0.850. The van der Waals surface area contributed by atoms with Crippen LogP contribution in [0.25, 0.3) is 0 Å². The van der Waals surface area contributed by atoms with Crippen molar-refractivity contribution in [3.8, 4) is 0 Å². The first-order valence-electron chi connectivity index (χ1n) is 6.86. The molecule has 2 amide bonds. The Kier molecular flexibility index (Phi) is 5.98. The summed E-state index contributed by atoms with van der Waals surface area (Å²) in [6.45, 7) is 4.95. The van der Waals surface area contributed by atoms with E-state index in [4.69, 9.17) is 0 Å². The second kappa shape index (κ2) is 7.06. The van der Waals surface area contributed by atoms with Crippen molar-refractivity contribution in [1.82, 2.24) is 10.2 Å². The van der Waals surface area contributed by atoms with E-state index in [-0.39, 0.29) is 18.5 Å². The summed E-state index contributed by atoms with van der Waals surface area (Å²) in [5.74, 6) is -0.282. The highest BCUT2D eigenvalue weighted by atomic mass is 32.2. The molecular weight excluding hydrogens is 280 g/mol. The fraction of sp³-hybridized carbons (Fsp3) is 0.846. The summed E-state index contributed by atoms with van der Waals surface area (Å²) in [5.41, 5.74) is -0.831. The van der Waals surface area contributed by atoms with Gasteiger partial charge in [0.05, 0.1) is 5.41 Å². The van der Waals surface area contributed by atoms with E-state index in [1.165, 1.54) is 0 Å². The van der Waals surface area contributed by atoms with Crippen molar-refractivity contribution >= 4 is 22.8 Å². The van der Waals surface area contributed by atoms with Crippen LogP contribution in [0.1, 0.15) is 26.7 Å². The minimum Gasteiger partial charge on any atom is -0.481 e. The minimum atomic E-state index is -0.850. The normalized spacial score (nSPS) is 23.9. The third-order valence-corrected chi connectivity index (χ3v) is 4.87. The molecule has 0 aromatic rings. The molecule has 0 radical (unpaired) electrons. The van der Waals surface area contributed by atoms with Gasteiger partial charge in [0.1, 0.15) is 0 Å². The van der Waals surface area contributed by atoms with Gasteiger partial charge in [-0.15, -0.1) is 0 Å². The molecule has 2 unspecified atom stereocenters. The highest BCUT2D eigenvalue weighted by molar-refractivity contribution is 7.84. The standard InChI is InChI=1S/C13H24N2O4S/c1-10(2)13(11(16)17)5-7-15(9-13)12(18)14-6-4-8-20(3)19/h10H,4-9H2,1-3H3,(H,14,18)(H,16,17). The van der Waals surface area contributed by atoms with Crippen LogP contribution in [0.5, 0.6) is 0 Å². The second-order valence-corrected chi connectivity index (χ2v) is 7.20. The van der Waals surface area contributed by atoms with Crippen molar-refractivity contribution < 1.29 is 18.9 Å². The average Bonchev–Trinajstić information content (AvgIpc) is 2.80. The van der Waals surface area contributed by atoms with Gasteiger partial charge in [0, 0.05) is 42.4 Å². The molecule has 1 aliphatic heterocycles. The molecule has 1 heterocycles. The van der Waals surface area contributed by atoms with Crippen LogP contribution >= 0.6 is 0 Å². The first kappa shape index (κ1) is 16.9. The van der Waals surface area contributed by atoms with Crippen molar-refractivity contribution in [2.24, 2.45) is 11.3 Å². The number of hydrogen-bond donors (Lipinski definition) is 2. The van der Waals surface area contributed by atoms with Gasteiger partial charge in [-0.3, -0.25) is 9.00 Å². The molecule has 1 aliphatic rings. The molecule has 1 saturated heterocycles. The van der Waals surface area contributed by atoms with Crippen LogP contribution in [-0.2, 0) is 15.6 Å². The van der Waals surface area contributed by atoms with E-state index >= 15 is 0 Å². The summed E-state index contributed by atoms with van der Waals surface area (Å²) in [6.07, 6.45) is 2.79. The lowest BCUT2D eigenvalue weighted by Gasteiger charge is -2.28. The van der Waals surface area contributed by atoms with E-state index in [0.717, 1.165) is 0 Å². The number of carboxylic acids is 1. The smallest absolute Gasteiger partial charge is 0.317 e. The van der Waals surface area contributed by atoms with Crippen LogP contribution in [0, 0.1) is 11.3 Å². The minimum absolute atomic E-state index is 0.0136. The number of hydrogen-bond acceptors (Lipinski definition) is 3. The van der Waals surface area contributed by atoms with Crippen molar-refractivity contribution in [3.63, 3.8) is 0 Å². The number of likely N-dealkylation sites (tertiary alicyclic amines) is 1. The third-order valence-electron chi connectivity index (χ3n) is 4.00. The van der Waals surface area contributed by atoms with E-state index in [1.807, 2.05) is 13.8 Å². The Labute approximate surface area is 122 Å². The molecule has 0 aliphatic carbocycles. The van der Waals surface area contributed by atoms with E-state index in [9.17, 15) is 18.9 Å². The number of carboxylic acid groups (broad SMARTS) is 1. The van der Waals surface area contributed by atoms with E-state index < -0.39 is 22.2 Å². The Bertz CT molecular complexity index is 400. The molecule has 2 N–H and O–H groups in total. The first-order chi connectivity index (χ1) is 9.29. The predicted molar refractivity (Wildman–Crippen MR) is 78.0 cm³/mol. The maximum atomic E-state index is 12.0. The first-order valence-corrected chi connectivity index (χ1v) is 8.58. The fourth-order valence-electron chi connectivity index (χ4n) is 2.48. The van der Waals surface area contributed by atoms with Crippen LogP contribution < -0.4 is 5.32 Å². The number of nitrogens with one attached hydrogen (secondary N) is 1. The molecule has 20 heavy (non-hydrogen) atoms. The third kappa shape index (κ3) is 3.94. The van der Waals surface area contributed by atoms with E-state index in [0.29, 0.717) is 31.7 Å². The topological polar surface area (TPSA) is 86.7 Å². The monoisotopic (exact) mass is 304 g/mol.